The number of carbonyl (C=O) groups is 1. The first-order chi connectivity index (χ1) is 25.6. The number of phenolic OH excluding ortho intramolecular Hbond substituents is 1. The van der Waals surface area contributed by atoms with Gasteiger partial charge < -0.3 is 51.6 Å². The maximum Gasteiger partial charge on any atom is 0.302 e. The molecular formula is C39H57N5O7S2. The van der Waals surface area contributed by atoms with Gasteiger partial charge in [0.05, 0.1) is 36.8 Å². The fourth-order valence-electron chi connectivity index (χ4n) is 8.89. The average molecular weight is 772 g/mol. The number of aliphatic imine (C=N–C) groups is 1. The van der Waals surface area contributed by atoms with Crippen LogP contribution in [-0.2, 0) is 22.6 Å². The molecule has 12 nitrogen and oxygen atoms in total. The van der Waals surface area contributed by atoms with Gasteiger partial charge in [0.2, 0.25) is 0 Å². The van der Waals surface area contributed by atoms with Gasteiger partial charge in [-0.15, -0.1) is 0 Å². The number of esters is 1. The normalized spacial score (nSPS) is 35.8. The van der Waals surface area contributed by atoms with E-state index in [9.17, 15) is 25.2 Å². The Bertz CT molecular complexity index is 1550. The van der Waals surface area contributed by atoms with Crippen molar-refractivity contribution in [2.75, 3.05) is 37.7 Å². The SMILES string of the molecule is CC(=O)OC1CC(O)CCC23C#CC4CCCC5(CNCCSSCCN=C(N)NC2C=CCC3O)CC(CCN5)Oc2cc(c(CO)cc2O)CC41. The van der Waals surface area contributed by atoms with Crippen LogP contribution in [0.2, 0.25) is 0 Å². The van der Waals surface area contributed by atoms with Gasteiger partial charge in [-0.1, -0.05) is 52.0 Å². The van der Waals surface area contributed by atoms with Crippen LogP contribution in [0.1, 0.15) is 75.8 Å². The van der Waals surface area contributed by atoms with Gasteiger partial charge in [0.15, 0.2) is 17.5 Å². The first-order valence-electron chi connectivity index (χ1n) is 19.2. The quantitative estimate of drug-likeness (QED) is 0.0950. The van der Waals surface area contributed by atoms with E-state index in [2.05, 4.69) is 32.8 Å². The molecular weight excluding hydrogens is 715 g/mol. The summed E-state index contributed by atoms with van der Waals surface area (Å²) in [6.45, 7) is 3.98. The van der Waals surface area contributed by atoms with E-state index in [0.717, 1.165) is 62.4 Å². The van der Waals surface area contributed by atoms with Gasteiger partial charge >= 0.3 is 5.97 Å². The zero-order valence-electron chi connectivity index (χ0n) is 30.7. The zero-order chi connectivity index (χ0) is 37.4. The van der Waals surface area contributed by atoms with E-state index in [1.54, 1.807) is 27.7 Å². The Morgan fingerprint density at radius 3 is 2.85 bits per heavy atom. The smallest absolute Gasteiger partial charge is 0.302 e. The number of nitrogens with one attached hydrogen (secondary N) is 3. The Labute approximate surface area is 321 Å². The summed E-state index contributed by atoms with van der Waals surface area (Å²) >= 11 is 0. The summed E-state index contributed by atoms with van der Waals surface area (Å²) in [4.78, 5) is 17.3. The molecule has 0 amide bonds. The van der Waals surface area contributed by atoms with E-state index in [1.165, 1.54) is 6.92 Å². The number of hydrogen-bond acceptors (Lipinski definition) is 14. The van der Waals surface area contributed by atoms with Gasteiger partial charge in [0.25, 0.3) is 0 Å². The molecule has 3 aliphatic heterocycles. The number of carbonyl (C=O) groups excluding carboxylic acids is 1. The lowest BCUT2D eigenvalue weighted by Crippen LogP contribution is -2.59. The Kier molecular flexibility index (Phi) is 13.8. The van der Waals surface area contributed by atoms with Crippen LogP contribution in [0.3, 0.4) is 0 Å². The van der Waals surface area contributed by atoms with Crippen molar-refractivity contribution in [1.29, 1.82) is 0 Å². The summed E-state index contributed by atoms with van der Waals surface area (Å²) in [5.41, 5.74) is 6.53. The standard InChI is InChI=1S/C39H57N5O7S2/c1-25(46)50-33-21-29(47)8-12-39-11-7-26-4-3-10-38(24-41-14-16-52-53-17-15-42-37(40)44-35(39)5-2-6-36(39)49)22-30(9-13-43-38)51-34-20-27(18-31(26)33)28(23-45)19-32(34)48/h2,5,19-20,26,29-31,33,35-36,41,43,45,47-49H,3-4,6,8-10,12-18,21-24H2,1H3,(H3,40,42,44). The van der Waals surface area contributed by atoms with Crippen molar-refractivity contribution in [1.82, 2.24) is 16.0 Å². The van der Waals surface area contributed by atoms with E-state index in [-0.39, 0.29) is 48.2 Å². The lowest BCUT2D eigenvalue weighted by molar-refractivity contribution is -0.152. The lowest BCUT2D eigenvalue weighted by atomic mass is 9.66. The highest BCUT2D eigenvalue weighted by atomic mass is 33.1. The molecule has 0 aromatic heterocycles. The fraction of sp³-hybridized carbons (Fsp3) is 0.692. The number of guanidine groups is 1. The van der Waals surface area contributed by atoms with Gasteiger partial charge in [-0.3, -0.25) is 9.79 Å². The number of rotatable bonds is 2. The third kappa shape index (κ3) is 9.97. The maximum absolute atomic E-state index is 12.7. The molecule has 9 unspecified atom stereocenters. The van der Waals surface area contributed by atoms with Gasteiger partial charge in [-0.2, -0.15) is 0 Å². The zero-order valence-corrected chi connectivity index (χ0v) is 32.4. The highest BCUT2D eigenvalue weighted by molar-refractivity contribution is 8.76. The highest BCUT2D eigenvalue weighted by Gasteiger charge is 2.46. The second-order valence-corrected chi connectivity index (χ2v) is 18.0. The van der Waals surface area contributed by atoms with E-state index in [1.807, 2.05) is 18.2 Å². The minimum Gasteiger partial charge on any atom is -0.504 e. The third-order valence-corrected chi connectivity index (χ3v) is 14.0. The number of nitrogens with zero attached hydrogens (tertiary/aromatic N) is 1. The van der Waals surface area contributed by atoms with Crippen molar-refractivity contribution in [2.45, 2.75) is 114 Å². The number of aromatic hydroxyl groups is 1. The number of fused-ring (bicyclic) bond motifs is 5. The van der Waals surface area contributed by atoms with Crippen LogP contribution in [0.4, 0.5) is 0 Å². The molecule has 9 atom stereocenters. The van der Waals surface area contributed by atoms with E-state index >= 15 is 0 Å². The van der Waals surface area contributed by atoms with Crippen LogP contribution in [0.15, 0.2) is 29.3 Å². The molecule has 1 aromatic carbocycles. The molecule has 14 heteroatoms. The molecule has 53 heavy (non-hydrogen) atoms. The number of ether oxygens (including phenoxy) is 2. The van der Waals surface area contributed by atoms with E-state index < -0.39 is 35.7 Å². The predicted molar refractivity (Wildman–Crippen MR) is 210 cm³/mol. The van der Waals surface area contributed by atoms with Crippen LogP contribution >= 0.6 is 21.6 Å². The second kappa shape index (κ2) is 18.3. The van der Waals surface area contributed by atoms with Crippen molar-refractivity contribution in [2.24, 2.45) is 28.0 Å². The van der Waals surface area contributed by atoms with Crippen molar-refractivity contribution in [3.63, 3.8) is 0 Å². The van der Waals surface area contributed by atoms with Gasteiger partial charge in [-0.05, 0) is 74.8 Å². The van der Waals surface area contributed by atoms with Crippen LogP contribution in [0.25, 0.3) is 0 Å². The molecule has 1 saturated heterocycles. The molecule has 0 saturated carbocycles. The summed E-state index contributed by atoms with van der Waals surface area (Å²) in [5.74, 6) is 8.49. The largest absolute Gasteiger partial charge is 0.504 e. The van der Waals surface area contributed by atoms with Crippen LogP contribution < -0.4 is 26.4 Å². The molecule has 6 bridgehead atoms. The van der Waals surface area contributed by atoms with Gasteiger partial charge in [0, 0.05) is 61.7 Å². The molecule has 292 valence electrons. The monoisotopic (exact) mass is 771 g/mol. The van der Waals surface area contributed by atoms with Crippen molar-refractivity contribution in [3.8, 4) is 23.3 Å². The summed E-state index contributed by atoms with van der Waals surface area (Å²) in [5, 5.41) is 56.0. The Morgan fingerprint density at radius 1 is 1.17 bits per heavy atom. The summed E-state index contributed by atoms with van der Waals surface area (Å²) in [6, 6.07) is 2.94. The van der Waals surface area contributed by atoms with Crippen LogP contribution in [0.5, 0.6) is 11.5 Å². The van der Waals surface area contributed by atoms with Crippen LogP contribution in [0, 0.1) is 29.1 Å². The van der Waals surface area contributed by atoms with Gasteiger partial charge in [-0.25, -0.2) is 0 Å². The lowest BCUT2D eigenvalue weighted by Gasteiger charge is -2.43. The molecule has 2 spiro atoms. The molecule has 3 heterocycles. The third-order valence-electron chi connectivity index (χ3n) is 11.7. The first-order valence-corrected chi connectivity index (χ1v) is 21.7. The predicted octanol–water partition coefficient (Wildman–Crippen LogP) is 2.76. The number of nitrogens with two attached hydrogens (primary N) is 1. The summed E-state index contributed by atoms with van der Waals surface area (Å²) in [6.07, 6.45) is 7.01. The molecule has 1 aromatic rings. The fourth-order valence-corrected chi connectivity index (χ4v) is 10.7. The van der Waals surface area contributed by atoms with Crippen molar-refractivity contribution >= 4 is 33.5 Å². The maximum atomic E-state index is 12.7. The topological polar surface area (TPSA) is 191 Å². The number of piperidine rings is 1. The summed E-state index contributed by atoms with van der Waals surface area (Å²) in [7, 11) is 3.57. The number of phenols is 1. The molecule has 9 N–H and O–H groups in total. The molecule has 0 radical (unpaired) electrons. The first kappa shape index (κ1) is 40.0. The number of hydrogen-bond donors (Lipinski definition) is 8. The minimum absolute atomic E-state index is 0.0290. The Morgan fingerprint density at radius 2 is 2.02 bits per heavy atom. The van der Waals surface area contributed by atoms with E-state index in [4.69, 9.17) is 15.2 Å². The average Bonchev–Trinajstić information content (AvgIpc) is 3.12. The molecule has 2 aliphatic carbocycles. The van der Waals surface area contributed by atoms with Gasteiger partial charge in [0.1, 0.15) is 12.2 Å². The number of aliphatic hydroxyl groups is 3. The minimum atomic E-state index is -0.972. The molecule has 6 rings (SSSR count). The number of aliphatic hydroxyl groups excluding tert-OH is 3. The second-order valence-electron chi connectivity index (χ2n) is 15.3. The highest BCUT2D eigenvalue weighted by Crippen LogP contribution is 2.43. The molecule has 5 aliphatic rings. The van der Waals surface area contributed by atoms with Crippen LogP contribution in [-0.4, -0.2) is 106 Å². The van der Waals surface area contributed by atoms with Crippen molar-refractivity contribution in [3.05, 3.63) is 35.4 Å². The Hall–Kier alpha value is -2.64. The summed E-state index contributed by atoms with van der Waals surface area (Å²) < 4.78 is 12.7. The van der Waals surface area contributed by atoms with E-state index in [0.29, 0.717) is 50.0 Å². The Balaban J connectivity index is 1.51. The molecule has 1 fully saturated rings. The van der Waals surface area contributed by atoms with Crippen molar-refractivity contribution < 1.29 is 34.7 Å². The number of benzene rings is 1.